The molecule has 3 aromatic carbocycles. The van der Waals surface area contributed by atoms with E-state index in [1.165, 1.54) is 12.1 Å². The average Bonchev–Trinajstić information content (AvgIpc) is 3.20. The molecule has 4 rings (SSSR count). The van der Waals surface area contributed by atoms with Crippen molar-refractivity contribution in [2.24, 2.45) is 0 Å². The number of hydrogen-bond acceptors (Lipinski definition) is 4. The molecule has 1 aliphatic rings. The van der Waals surface area contributed by atoms with Crippen molar-refractivity contribution in [2.75, 3.05) is 20.6 Å². The van der Waals surface area contributed by atoms with Gasteiger partial charge in [0.25, 0.3) is 0 Å². The summed E-state index contributed by atoms with van der Waals surface area (Å²) in [5.74, 6) is -3.89. The van der Waals surface area contributed by atoms with Gasteiger partial charge in [0.05, 0.1) is 16.7 Å². The van der Waals surface area contributed by atoms with Crippen LogP contribution in [-0.4, -0.2) is 47.7 Å². The van der Waals surface area contributed by atoms with E-state index in [2.05, 4.69) is 37.2 Å². The minimum Gasteiger partial charge on any atom is -0.473 e. The highest BCUT2D eigenvalue weighted by Gasteiger charge is 2.41. The molecule has 6 nitrogen and oxygen atoms in total. The molecule has 9 heteroatoms. The summed E-state index contributed by atoms with van der Waals surface area (Å²) in [6.45, 7) is 1.48. The number of nitrogens with zero attached hydrogens (tertiary/aromatic N) is 1. The van der Waals surface area contributed by atoms with Crippen molar-refractivity contribution in [3.05, 3.63) is 93.2 Å². The Bertz CT molecular complexity index is 1240. The first-order valence-electron chi connectivity index (χ1n) is 11.1. The van der Waals surface area contributed by atoms with E-state index in [0.29, 0.717) is 16.7 Å². The lowest BCUT2D eigenvalue weighted by atomic mass is 9.81. The number of carbonyl (C=O) groups is 2. The van der Waals surface area contributed by atoms with Crippen molar-refractivity contribution in [2.45, 2.75) is 25.0 Å². The largest absolute Gasteiger partial charge is 0.473 e. The molecule has 2 N–H and O–H groups in total. The molecule has 0 fully saturated rings. The van der Waals surface area contributed by atoms with E-state index < -0.39 is 17.5 Å². The van der Waals surface area contributed by atoms with Gasteiger partial charge < -0.3 is 19.8 Å². The number of benzene rings is 3. The van der Waals surface area contributed by atoms with Crippen LogP contribution in [0.15, 0.2) is 60.7 Å². The SMILES string of the molecule is CN(C)CCCC1(c2ccc(F)cc2)OCc2cc(-c3ccc(Cl)c(Cl)c3)ccc21.O=C(O)C(=O)O. The molecular weight excluding hydrogens is 508 g/mol. The lowest BCUT2D eigenvalue weighted by Gasteiger charge is -2.31. The molecule has 190 valence electrons. The quantitative estimate of drug-likeness (QED) is 0.374. The number of rotatable bonds is 6. The monoisotopic (exact) mass is 533 g/mol. The maximum atomic E-state index is 13.6. The fourth-order valence-electron chi connectivity index (χ4n) is 4.19. The summed E-state index contributed by atoms with van der Waals surface area (Å²) in [5.41, 5.74) is 4.81. The van der Waals surface area contributed by atoms with Gasteiger partial charge in [0.15, 0.2) is 0 Å². The first-order chi connectivity index (χ1) is 17.0. The van der Waals surface area contributed by atoms with Gasteiger partial charge in [-0.05, 0) is 91.6 Å². The molecule has 0 aliphatic carbocycles. The van der Waals surface area contributed by atoms with Crippen LogP contribution in [0.4, 0.5) is 4.39 Å². The molecule has 1 unspecified atom stereocenters. The van der Waals surface area contributed by atoms with Crippen molar-refractivity contribution in [3.8, 4) is 11.1 Å². The summed E-state index contributed by atoms with van der Waals surface area (Å²) in [4.78, 5) is 20.4. The Morgan fingerprint density at radius 1 is 0.944 bits per heavy atom. The van der Waals surface area contributed by atoms with Crippen molar-refractivity contribution >= 4 is 35.1 Å². The molecule has 0 saturated heterocycles. The summed E-state index contributed by atoms with van der Waals surface area (Å²) in [7, 11) is 4.13. The topological polar surface area (TPSA) is 87.1 Å². The van der Waals surface area contributed by atoms with Crippen LogP contribution in [-0.2, 0) is 26.5 Å². The average molecular weight is 534 g/mol. The summed E-state index contributed by atoms with van der Waals surface area (Å²) >= 11 is 12.3. The van der Waals surface area contributed by atoms with E-state index in [-0.39, 0.29) is 5.82 Å². The summed E-state index contributed by atoms with van der Waals surface area (Å²) in [6, 6.07) is 18.8. The van der Waals surface area contributed by atoms with Crippen LogP contribution in [0.3, 0.4) is 0 Å². The molecule has 1 heterocycles. The number of carboxylic acid groups (broad SMARTS) is 2. The van der Waals surface area contributed by atoms with Crippen LogP contribution in [0.5, 0.6) is 0 Å². The van der Waals surface area contributed by atoms with Gasteiger partial charge in [-0.25, -0.2) is 14.0 Å². The van der Waals surface area contributed by atoms with Gasteiger partial charge in [-0.2, -0.15) is 0 Å². The highest BCUT2D eigenvalue weighted by atomic mass is 35.5. The van der Waals surface area contributed by atoms with Crippen molar-refractivity contribution in [1.29, 1.82) is 0 Å². The fourth-order valence-corrected chi connectivity index (χ4v) is 4.49. The standard InChI is InChI=1S/C25H24Cl2FNO.C2H2O4/c1-29(2)13-3-12-25(20-6-8-21(28)9-7-20)22-10-4-17(14-19(22)16-30-25)18-5-11-23(26)24(27)15-18;3-1(4)2(5)6/h4-11,14-15H,3,12-13,16H2,1-2H3;(H,3,4)(H,5,6). The number of halogens is 3. The zero-order valence-electron chi connectivity index (χ0n) is 19.8. The Balaban J connectivity index is 0.000000538. The van der Waals surface area contributed by atoms with Gasteiger partial charge in [0, 0.05) is 0 Å². The molecule has 0 amide bonds. The summed E-state index contributed by atoms with van der Waals surface area (Å²) in [5, 5.41) is 15.9. The predicted octanol–water partition coefficient (Wildman–Crippen LogP) is 6.07. The molecule has 0 radical (unpaired) electrons. The first-order valence-corrected chi connectivity index (χ1v) is 11.9. The van der Waals surface area contributed by atoms with Crippen molar-refractivity contribution in [3.63, 3.8) is 0 Å². The molecule has 0 bridgehead atoms. The zero-order valence-corrected chi connectivity index (χ0v) is 21.3. The van der Waals surface area contributed by atoms with Gasteiger partial charge in [-0.1, -0.05) is 53.5 Å². The number of ether oxygens (including phenoxy) is 1. The highest BCUT2D eigenvalue weighted by molar-refractivity contribution is 6.42. The highest BCUT2D eigenvalue weighted by Crippen LogP contribution is 2.46. The number of fused-ring (bicyclic) bond motifs is 1. The van der Waals surface area contributed by atoms with Crippen LogP contribution in [0.25, 0.3) is 11.1 Å². The lowest BCUT2D eigenvalue weighted by molar-refractivity contribution is -0.159. The first kappa shape index (κ1) is 27.6. The Hall–Kier alpha value is -2.97. The van der Waals surface area contributed by atoms with Crippen LogP contribution >= 0.6 is 23.2 Å². The second kappa shape index (κ2) is 11.8. The van der Waals surface area contributed by atoms with E-state index in [9.17, 15) is 4.39 Å². The number of carboxylic acids is 2. The van der Waals surface area contributed by atoms with Crippen molar-refractivity contribution in [1.82, 2.24) is 4.90 Å². The zero-order chi connectivity index (χ0) is 26.5. The van der Waals surface area contributed by atoms with Gasteiger partial charge in [-0.3, -0.25) is 0 Å². The third-order valence-electron chi connectivity index (χ3n) is 5.89. The van der Waals surface area contributed by atoms with Gasteiger partial charge in [-0.15, -0.1) is 0 Å². The Kier molecular flexibility index (Phi) is 9.08. The van der Waals surface area contributed by atoms with E-state index in [4.69, 9.17) is 47.7 Å². The summed E-state index contributed by atoms with van der Waals surface area (Å²) in [6.07, 6.45) is 1.80. The summed E-state index contributed by atoms with van der Waals surface area (Å²) < 4.78 is 20.1. The second-order valence-corrected chi connectivity index (χ2v) is 9.45. The van der Waals surface area contributed by atoms with Crippen LogP contribution in [0.2, 0.25) is 10.0 Å². The molecule has 0 aromatic heterocycles. The van der Waals surface area contributed by atoms with E-state index in [0.717, 1.165) is 47.2 Å². The van der Waals surface area contributed by atoms with Crippen molar-refractivity contribution < 1.29 is 28.9 Å². The maximum absolute atomic E-state index is 13.6. The molecule has 36 heavy (non-hydrogen) atoms. The van der Waals surface area contributed by atoms with Gasteiger partial charge >= 0.3 is 11.9 Å². The molecule has 0 spiro atoms. The minimum atomic E-state index is -1.82. The predicted molar refractivity (Wildman–Crippen MR) is 137 cm³/mol. The van der Waals surface area contributed by atoms with Crippen LogP contribution in [0, 0.1) is 5.82 Å². The van der Waals surface area contributed by atoms with E-state index >= 15 is 0 Å². The molecule has 3 aromatic rings. The Morgan fingerprint density at radius 3 is 2.14 bits per heavy atom. The number of hydrogen-bond donors (Lipinski definition) is 2. The molecule has 1 atom stereocenters. The fraction of sp³-hybridized carbons (Fsp3) is 0.259. The third-order valence-corrected chi connectivity index (χ3v) is 6.63. The molecular formula is C27H26Cl2FNO5. The Labute approximate surface area is 218 Å². The van der Waals surface area contributed by atoms with Gasteiger partial charge in [0.2, 0.25) is 0 Å². The third kappa shape index (κ3) is 6.42. The van der Waals surface area contributed by atoms with E-state index in [1.54, 1.807) is 0 Å². The Morgan fingerprint density at radius 2 is 1.56 bits per heavy atom. The second-order valence-electron chi connectivity index (χ2n) is 8.64. The van der Waals surface area contributed by atoms with Crippen LogP contribution in [0.1, 0.15) is 29.5 Å². The van der Waals surface area contributed by atoms with Crippen LogP contribution < -0.4 is 0 Å². The minimum absolute atomic E-state index is 0.240. The smallest absolute Gasteiger partial charge is 0.414 e. The lowest BCUT2D eigenvalue weighted by Crippen LogP contribution is -2.28. The van der Waals surface area contributed by atoms with Gasteiger partial charge in [0.1, 0.15) is 11.4 Å². The van der Waals surface area contributed by atoms with E-state index in [1.807, 2.05) is 30.3 Å². The number of aliphatic carboxylic acids is 2. The molecule has 0 saturated carbocycles. The maximum Gasteiger partial charge on any atom is 0.414 e. The normalized spacial score (nSPS) is 16.3. The molecule has 1 aliphatic heterocycles.